The summed E-state index contributed by atoms with van der Waals surface area (Å²) in [6, 6.07) is -0.545. The van der Waals surface area contributed by atoms with Crippen LogP contribution in [0.1, 0.15) is 44.1 Å². The average molecular weight is 437 g/mol. The van der Waals surface area contributed by atoms with Crippen LogP contribution in [0.5, 0.6) is 0 Å². The van der Waals surface area contributed by atoms with Gasteiger partial charge in [0.15, 0.2) is 5.16 Å². The van der Waals surface area contributed by atoms with Crippen molar-refractivity contribution in [2.24, 2.45) is 11.8 Å². The van der Waals surface area contributed by atoms with Crippen LogP contribution in [0.4, 0.5) is 4.79 Å². The second-order valence-corrected chi connectivity index (χ2v) is 10.0. The molecule has 2 aromatic heterocycles. The average Bonchev–Trinajstić information content (AvgIpc) is 3.02. The molecule has 0 spiro atoms. The Balaban J connectivity index is 1.96. The van der Waals surface area contributed by atoms with Crippen LogP contribution < -0.4 is 16.2 Å². The molecule has 29 heavy (non-hydrogen) atoms. The molecule has 2 aromatic rings. The molecule has 0 bridgehead atoms. The molecular weight excluding hydrogens is 408 g/mol. The second-order valence-electron chi connectivity index (χ2n) is 7.98. The molecule has 1 aliphatic rings. The third-order valence-electron chi connectivity index (χ3n) is 5.12. The number of amides is 3. The fourth-order valence-electron chi connectivity index (χ4n) is 3.45. The highest BCUT2D eigenvalue weighted by molar-refractivity contribution is 7.99. The molecule has 3 amide bonds. The van der Waals surface area contributed by atoms with Crippen LogP contribution in [0.25, 0.3) is 10.2 Å². The highest BCUT2D eigenvalue weighted by Gasteiger charge is 2.25. The van der Waals surface area contributed by atoms with Gasteiger partial charge in [-0.05, 0) is 43.1 Å². The summed E-state index contributed by atoms with van der Waals surface area (Å²) < 4.78 is 1.71. The quantitative estimate of drug-likeness (QED) is 0.536. The molecule has 1 aliphatic carbocycles. The standard InChI is InChI=1S/C20H28N4O3S2/c1-11(2)7-8-24-18(26)16-13-6-5-12(3)9-14(13)29-17(16)23-20(24)28-10-15(25)22-19(27)21-4/h11-12H,5-10H2,1-4H3,(H2,21,22,25,27). The van der Waals surface area contributed by atoms with Crippen molar-refractivity contribution in [1.29, 1.82) is 0 Å². The van der Waals surface area contributed by atoms with E-state index in [9.17, 15) is 14.4 Å². The SMILES string of the molecule is CNC(=O)NC(=O)CSc1nc2sc3c(c2c(=O)n1CCC(C)C)CCC(C)C3. The minimum absolute atomic E-state index is 0.00286. The number of thioether (sulfide) groups is 1. The number of rotatable bonds is 6. The predicted octanol–water partition coefficient (Wildman–Crippen LogP) is 3.18. The fraction of sp³-hybridized carbons (Fsp3) is 0.600. The fourth-order valence-corrected chi connectivity index (χ4v) is 5.70. The molecule has 9 heteroatoms. The number of urea groups is 1. The lowest BCUT2D eigenvalue weighted by atomic mass is 9.89. The lowest BCUT2D eigenvalue weighted by molar-refractivity contribution is -0.117. The maximum Gasteiger partial charge on any atom is 0.321 e. The Bertz CT molecular complexity index is 980. The highest BCUT2D eigenvalue weighted by atomic mass is 32.2. The van der Waals surface area contributed by atoms with Crippen molar-refractivity contribution in [3.63, 3.8) is 0 Å². The van der Waals surface area contributed by atoms with E-state index in [1.807, 2.05) is 0 Å². The molecule has 1 unspecified atom stereocenters. The van der Waals surface area contributed by atoms with Gasteiger partial charge in [-0.25, -0.2) is 9.78 Å². The Labute approximate surface area is 178 Å². The molecular formula is C20H28N4O3S2. The minimum Gasteiger partial charge on any atom is -0.341 e. The van der Waals surface area contributed by atoms with Crippen LogP contribution in [0.3, 0.4) is 0 Å². The lowest BCUT2D eigenvalue weighted by Gasteiger charge is -2.18. The first-order valence-corrected chi connectivity index (χ1v) is 11.8. The zero-order chi connectivity index (χ0) is 21.1. The Hall–Kier alpha value is -1.87. The number of imide groups is 1. The van der Waals surface area contributed by atoms with Crippen LogP contribution in [0.2, 0.25) is 0 Å². The second kappa shape index (κ2) is 9.30. The van der Waals surface area contributed by atoms with E-state index in [0.29, 0.717) is 23.5 Å². The number of carbonyl (C=O) groups is 2. The number of nitrogens with zero attached hydrogens (tertiary/aromatic N) is 2. The van der Waals surface area contributed by atoms with Crippen molar-refractivity contribution in [2.75, 3.05) is 12.8 Å². The number of carbonyl (C=O) groups excluding carboxylic acids is 2. The van der Waals surface area contributed by atoms with Crippen molar-refractivity contribution in [3.8, 4) is 0 Å². The molecule has 0 radical (unpaired) electrons. The number of hydrogen-bond acceptors (Lipinski definition) is 6. The molecule has 7 nitrogen and oxygen atoms in total. The van der Waals surface area contributed by atoms with Crippen molar-refractivity contribution in [3.05, 3.63) is 20.8 Å². The molecule has 2 N–H and O–H groups in total. The summed E-state index contributed by atoms with van der Waals surface area (Å²) >= 11 is 2.81. The van der Waals surface area contributed by atoms with Gasteiger partial charge in [0.2, 0.25) is 5.91 Å². The first-order chi connectivity index (χ1) is 13.8. The van der Waals surface area contributed by atoms with Gasteiger partial charge in [0.25, 0.3) is 5.56 Å². The van der Waals surface area contributed by atoms with Crippen molar-refractivity contribution in [2.45, 2.75) is 58.2 Å². The summed E-state index contributed by atoms with van der Waals surface area (Å²) in [5.74, 6) is 0.679. The van der Waals surface area contributed by atoms with E-state index in [2.05, 4.69) is 31.4 Å². The van der Waals surface area contributed by atoms with Crippen molar-refractivity contribution < 1.29 is 9.59 Å². The number of aryl methyl sites for hydroxylation is 1. The molecule has 0 saturated heterocycles. The summed E-state index contributed by atoms with van der Waals surface area (Å²) in [7, 11) is 1.45. The topological polar surface area (TPSA) is 93.1 Å². The van der Waals surface area contributed by atoms with Crippen LogP contribution in [0, 0.1) is 11.8 Å². The smallest absolute Gasteiger partial charge is 0.321 e. The lowest BCUT2D eigenvalue weighted by Crippen LogP contribution is -2.38. The highest BCUT2D eigenvalue weighted by Crippen LogP contribution is 2.36. The van der Waals surface area contributed by atoms with Crippen LogP contribution in [0.15, 0.2) is 9.95 Å². The number of aromatic nitrogens is 2. The summed E-state index contributed by atoms with van der Waals surface area (Å²) in [6.45, 7) is 7.05. The summed E-state index contributed by atoms with van der Waals surface area (Å²) in [4.78, 5) is 43.5. The van der Waals surface area contributed by atoms with E-state index in [1.54, 1.807) is 15.9 Å². The van der Waals surface area contributed by atoms with Gasteiger partial charge in [-0.1, -0.05) is 32.5 Å². The summed E-state index contributed by atoms with van der Waals surface area (Å²) in [5, 5.41) is 5.90. The number of thiophene rings is 1. The van der Waals surface area contributed by atoms with Gasteiger partial charge in [0.1, 0.15) is 4.83 Å². The molecule has 0 fully saturated rings. The summed E-state index contributed by atoms with van der Waals surface area (Å²) in [6.07, 6.45) is 3.88. The third-order valence-corrected chi connectivity index (χ3v) is 7.25. The van der Waals surface area contributed by atoms with Gasteiger partial charge in [-0.2, -0.15) is 0 Å². The van der Waals surface area contributed by atoms with Gasteiger partial charge in [0, 0.05) is 18.5 Å². The zero-order valence-corrected chi connectivity index (χ0v) is 19.0. The molecule has 0 saturated carbocycles. The number of nitrogens with one attached hydrogen (secondary N) is 2. The largest absolute Gasteiger partial charge is 0.341 e. The van der Waals surface area contributed by atoms with Crippen LogP contribution in [-0.4, -0.2) is 34.3 Å². The normalized spacial score (nSPS) is 16.1. The summed E-state index contributed by atoms with van der Waals surface area (Å²) in [5.41, 5.74) is 1.17. The van der Waals surface area contributed by atoms with Crippen molar-refractivity contribution in [1.82, 2.24) is 20.2 Å². The maximum atomic E-state index is 13.4. The van der Waals surface area contributed by atoms with E-state index in [0.717, 1.165) is 35.9 Å². The molecule has 158 valence electrons. The number of fused-ring (bicyclic) bond motifs is 3. The van der Waals surface area contributed by atoms with Crippen LogP contribution >= 0.6 is 23.1 Å². The minimum atomic E-state index is -0.545. The van der Waals surface area contributed by atoms with Gasteiger partial charge in [-0.15, -0.1) is 11.3 Å². The Morgan fingerprint density at radius 1 is 1.38 bits per heavy atom. The van der Waals surface area contributed by atoms with E-state index in [-0.39, 0.29) is 11.3 Å². The molecule has 3 rings (SSSR count). The molecule has 0 aromatic carbocycles. The van der Waals surface area contributed by atoms with Gasteiger partial charge >= 0.3 is 6.03 Å². The maximum absolute atomic E-state index is 13.4. The Kier molecular flexibility index (Phi) is 7.00. The van der Waals surface area contributed by atoms with Gasteiger partial charge in [-0.3, -0.25) is 19.5 Å². The van der Waals surface area contributed by atoms with Gasteiger partial charge < -0.3 is 5.32 Å². The Morgan fingerprint density at radius 2 is 2.14 bits per heavy atom. The first kappa shape index (κ1) is 21.8. The first-order valence-electron chi connectivity index (χ1n) is 9.99. The predicted molar refractivity (Wildman–Crippen MR) is 118 cm³/mol. The molecule has 2 heterocycles. The monoisotopic (exact) mass is 436 g/mol. The molecule has 0 aliphatic heterocycles. The van der Waals surface area contributed by atoms with E-state index < -0.39 is 11.9 Å². The number of hydrogen-bond donors (Lipinski definition) is 2. The molecule has 1 atom stereocenters. The van der Waals surface area contributed by atoms with E-state index >= 15 is 0 Å². The van der Waals surface area contributed by atoms with E-state index in [4.69, 9.17) is 4.98 Å². The zero-order valence-electron chi connectivity index (χ0n) is 17.3. The van der Waals surface area contributed by atoms with E-state index in [1.165, 1.54) is 29.3 Å². The van der Waals surface area contributed by atoms with Crippen molar-refractivity contribution >= 4 is 45.3 Å². The van der Waals surface area contributed by atoms with Crippen LogP contribution in [-0.2, 0) is 24.2 Å². The third kappa shape index (κ3) is 5.01. The Morgan fingerprint density at radius 3 is 2.83 bits per heavy atom. The van der Waals surface area contributed by atoms with Gasteiger partial charge in [0.05, 0.1) is 11.1 Å².